The number of fused-ring (bicyclic) bond motifs is 1. The summed E-state index contributed by atoms with van der Waals surface area (Å²) in [5.74, 6) is 0.378. The van der Waals surface area contributed by atoms with Crippen molar-refractivity contribution in [1.29, 1.82) is 0 Å². The number of ether oxygens (including phenoxy) is 1. The van der Waals surface area contributed by atoms with Crippen LogP contribution in [0.25, 0.3) is 11.2 Å². The number of methoxy groups -OCH3 is 1. The number of benzene rings is 1. The van der Waals surface area contributed by atoms with E-state index in [0.717, 1.165) is 24.8 Å². The molecule has 0 N–H and O–H groups in total. The molecule has 0 unspecified atom stereocenters. The molecule has 0 radical (unpaired) electrons. The molecule has 0 saturated carbocycles. The second kappa shape index (κ2) is 7.80. The van der Waals surface area contributed by atoms with Gasteiger partial charge in [0.15, 0.2) is 11.3 Å². The zero-order valence-corrected chi connectivity index (χ0v) is 15.8. The van der Waals surface area contributed by atoms with Crippen molar-refractivity contribution in [3.63, 3.8) is 0 Å². The molecule has 28 heavy (non-hydrogen) atoms. The van der Waals surface area contributed by atoms with Crippen molar-refractivity contribution >= 4 is 17.1 Å². The van der Waals surface area contributed by atoms with E-state index in [9.17, 15) is 9.59 Å². The quantitative estimate of drug-likeness (QED) is 0.697. The first-order valence-corrected chi connectivity index (χ1v) is 9.46. The molecule has 0 bridgehead atoms. The van der Waals surface area contributed by atoms with Gasteiger partial charge in [0.2, 0.25) is 0 Å². The average molecular weight is 378 g/mol. The zero-order valence-electron chi connectivity index (χ0n) is 15.8. The van der Waals surface area contributed by atoms with Crippen LogP contribution in [0.4, 0.5) is 0 Å². The van der Waals surface area contributed by atoms with Gasteiger partial charge in [0, 0.05) is 24.8 Å². The van der Waals surface area contributed by atoms with Crippen molar-refractivity contribution < 1.29 is 9.53 Å². The molecule has 1 aliphatic heterocycles. The molecule has 144 valence electrons. The Hall–Kier alpha value is -3.22. The Morgan fingerprint density at radius 1 is 1.11 bits per heavy atom. The normalized spacial score (nSPS) is 14.2. The molecule has 1 aromatic carbocycles. The summed E-state index contributed by atoms with van der Waals surface area (Å²) in [7, 11) is 1.59. The number of nitrogens with zero attached hydrogens (tertiary/aromatic N) is 4. The van der Waals surface area contributed by atoms with E-state index in [1.54, 1.807) is 30.3 Å². The molecule has 1 amide bonds. The standard InChI is InChI=1S/C21H22N4O3/c1-28-17-10-4-3-8-15(17)14-25-19-16(9-7-11-22-19)23-18(21(25)27)20(26)24-12-5-2-6-13-24/h3-4,7-11H,2,5-6,12-14H2,1H3. The largest absolute Gasteiger partial charge is 0.496 e. The predicted molar refractivity (Wildman–Crippen MR) is 106 cm³/mol. The van der Waals surface area contributed by atoms with Gasteiger partial charge in [0.05, 0.1) is 13.7 Å². The summed E-state index contributed by atoms with van der Waals surface area (Å²) in [5.41, 5.74) is 1.34. The number of hydrogen-bond acceptors (Lipinski definition) is 5. The minimum absolute atomic E-state index is 0.0442. The molecule has 0 atom stereocenters. The van der Waals surface area contributed by atoms with Gasteiger partial charge < -0.3 is 9.64 Å². The molecule has 3 aromatic rings. The lowest BCUT2D eigenvalue weighted by Gasteiger charge is -2.26. The lowest BCUT2D eigenvalue weighted by Crippen LogP contribution is -2.40. The maximum atomic E-state index is 13.2. The van der Waals surface area contributed by atoms with Crippen molar-refractivity contribution in [3.8, 4) is 5.75 Å². The number of amides is 1. The maximum Gasteiger partial charge on any atom is 0.284 e. The summed E-state index contributed by atoms with van der Waals surface area (Å²) in [6, 6.07) is 11.0. The molecule has 7 nitrogen and oxygen atoms in total. The number of carbonyl (C=O) groups excluding carboxylic acids is 1. The average Bonchev–Trinajstić information content (AvgIpc) is 2.76. The Balaban J connectivity index is 1.84. The van der Waals surface area contributed by atoms with Crippen LogP contribution < -0.4 is 10.3 Å². The molecule has 2 aromatic heterocycles. The summed E-state index contributed by atoms with van der Waals surface area (Å²) in [5, 5.41) is 0. The number of pyridine rings is 1. The van der Waals surface area contributed by atoms with E-state index in [1.165, 1.54) is 4.57 Å². The molecule has 4 rings (SSSR count). The third-order valence-corrected chi connectivity index (χ3v) is 5.07. The Morgan fingerprint density at radius 2 is 1.89 bits per heavy atom. The first-order chi connectivity index (χ1) is 13.7. The smallest absolute Gasteiger partial charge is 0.284 e. The van der Waals surface area contributed by atoms with Crippen LogP contribution in [0.2, 0.25) is 0 Å². The first-order valence-electron chi connectivity index (χ1n) is 9.46. The molecule has 1 saturated heterocycles. The van der Waals surface area contributed by atoms with Gasteiger partial charge >= 0.3 is 0 Å². The van der Waals surface area contributed by atoms with Crippen molar-refractivity contribution in [2.75, 3.05) is 20.2 Å². The second-order valence-electron chi connectivity index (χ2n) is 6.86. The van der Waals surface area contributed by atoms with Crippen molar-refractivity contribution in [1.82, 2.24) is 19.4 Å². The number of aromatic nitrogens is 3. The third-order valence-electron chi connectivity index (χ3n) is 5.07. The second-order valence-corrected chi connectivity index (χ2v) is 6.86. The van der Waals surface area contributed by atoms with E-state index in [2.05, 4.69) is 9.97 Å². The number of para-hydroxylation sites is 1. The van der Waals surface area contributed by atoms with Crippen molar-refractivity contribution in [2.45, 2.75) is 25.8 Å². The molecular weight excluding hydrogens is 356 g/mol. The minimum Gasteiger partial charge on any atom is -0.496 e. The summed E-state index contributed by atoms with van der Waals surface area (Å²) in [6.07, 6.45) is 4.64. The highest BCUT2D eigenvalue weighted by atomic mass is 16.5. The van der Waals surface area contributed by atoms with Crippen LogP contribution in [-0.4, -0.2) is 45.5 Å². The topological polar surface area (TPSA) is 77.3 Å². The number of hydrogen-bond donors (Lipinski definition) is 0. The first kappa shape index (κ1) is 18.2. The fourth-order valence-electron chi connectivity index (χ4n) is 3.61. The molecular formula is C21H22N4O3. The van der Waals surface area contributed by atoms with Crippen molar-refractivity contribution in [2.24, 2.45) is 0 Å². The van der Waals surface area contributed by atoms with E-state index in [1.807, 2.05) is 24.3 Å². The van der Waals surface area contributed by atoms with Crippen LogP contribution in [0, 0.1) is 0 Å². The van der Waals surface area contributed by atoms with E-state index < -0.39 is 5.56 Å². The maximum absolute atomic E-state index is 13.2. The molecule has 1 fully saturated rings. The SMILES string of the molecule is COc1ccccc1Cn1c(=O)c(C(=O)N2CCCCC2)nc2cccnc21. The highest BCUT2D eigenvalue weighted by molar-refractivity contribution is 5.93. The van der Waals surface area contributed by atoms with E-state index in [4.69, 9.17) is 4.74 Å². The molecule has 3 heterocycles. The number of rotatable bonds is 4. The fourth-order valence-corrected chi connectivity index (χ4v) is 3.61. The third kappa shape index (κ3) is 3.35. The van der Waals surface area contributed by atoms with Gasteiger partial charge in [-0.15, -0.1) is 0 Å². The van der Waals surface area contributed by atoms with Gasteiger partial charge in [-0.1, -0.05) is 18.2 Å². The van der Waals surface area contributed by atoms with E-state index in [0.29, 0.717) is 30.0 Å². The van der Waals surface area contributed by atoms with Crippen LogP contribution >= 0.6 is 0 Å². The van der Waals surface area contributed by atoms with Crippen LogP contribution in [0.3, 0.4) is 0 Å². The molecule has 0 spiro atoms. The Morgan fingerprint density at radius 3 is 2.68 bits per heavy atom. The molecule has 1 aliphatic rings. The van der Waals surface area contributed by atoms with Gasteiger partial charge in [-0.3, -0.25) is 14.2 Å². The summed E-state index contributed by atoms with van der Waals surface area (Å²) >= 11 is 0. The molecule has 7 heteroatoms. The van der Waals surface area contributed by atoms with Crippen LogP contribution in [-0.2, 0) is 6.54 Å². The number of carbonyl (C=O) groups is 1. The van der Waals surface area contributed by atoms with E-state index >= 15 is 0 Å². The number of piperidine rings is 1. The lowest BCUT2D eigenvalue weighted by molar-refractivity contribution is 0.0716. The monoisotopic (exact) mass is 378 g/mol. The molecule has 0 aliphatic carbocycles. The fraction of sp³-hybridized carbons (Fsp3) is 0.333. The highest BCUT2D eigenvalue weighted by Crippen LogP contribution is 2.20. The van der Waals surface area contributed by atoms with Crippen LogP contribution in [0.5, 0.6) is 5.75 Å². The zero-order chi connectivity index (χ0) is 19.5. The van der Waals surface area contributed by atoms with Gasteiger partial charge in [-0.05, 0) is 37.5 Å². The van der Waals surface area contributed by atoms with Gasteiger partial charge in [-0.2, -0.15) is 0 Å². The Labute approximate surface area is 162 Å². The summed E-state index contributed by atoms with van der Waals surface area (Å²) < 4.78 is 6.93. The van der Waals surface area contributed by atoms with Gasteiger partial charge in [0.1, 0.15) is 11.3 Å². The van der Waals surface area contributed by atoms with Crippen molar-refractivity contribution in [3.05, 3.63) is 64.2 Å². The van der Waals surface area contributed by atoms with Gasteiger partial charge in [0.25, 0.3) is 11.5 Å². The van der Waals surface area contributed by atoms with Crippen LogP contribution in [0.1, 0.15) is 35.3 Å². The van der Waals surface area contributed by atoms with Crippen LogP contribution in [0.15, 0.2) is 47.4 Å². The summed E-state index contributed by atoms with van der Waals surface area (Å²) in [4.78, 5) is 36.7. The van der Waals surface area contributed by atoms with E-state index in [-0.39, 0.29) is 18.1 Å². The summed E-state index contributed by atoms with van der Waals surface area (Å²) in [6.45, 7) is 1.58. The Kier molecular flexibility index (Phi) is 5.06. The predicted octanol–water partition coefficient (Wildman–Crippen LogP) is 2.47. The lowest BCUT2D eigenvalue weighted by atomic mass is 10.1. The number of likely N-dealkylation sites (tertiary alicyclic amines) is 1. The highest BCUT2D eigenvalue weighted by Gasteiger charge is 2.24. The minimum atomic E-state index is -0.423. The Bertz CT molecular complexity index is 1070. The van der Waals surface area contributed by atoms with Gasteiger partial charge in [-0.25, -0.2) is 9.97 Å².